The number of benzene rings is 1. The zero-order valence-electron chi connectivity index (χ0n) is 11.0. The molecule has 1 fully saturated rings. The van der Waals surface area contributed by atoms with Gasteiger partial charge < -0.3 is 11.1 Å². The second-order valence-corrected chi connectivity index (χ2v) is 5.40. The quantitative estimate of drug-likeness (QED) is 0.774. The van der Waals surface area contributed by atoms with Crippen LogP contribution < -0.4 is 11.1 Å². The highest BCUT2D eigenvalue weighted by Gasteiger charge is 2.19. The van der Waals surface area contributed by atoms with E-state index in [2.05, 4.69) is 25.2 Å². The maximum Gasteiger partial charge on any atom is 0.0365 e. The van der Waals surface area contributed by atoms with Crippen molar-refractivity contribution in [1.29, 1.82) is 0 Å². The molecule has 0 spiro atoms. The summed E-state index contributed by atoms with van der Waals surface area (Å²) in [5.41, 5.74) is 9.14. The molecule has 2 heteroatoms. The van der Waals surface area contributed by atoms with E-state index in [0.29, 0.717) is 6.04 Å². The van der Waals surface area contributed by atoms with E-state index in [1.807, 2.05) is 12.1 Å². The summed E-state index contributed by atoms with van der Waals surface area (Å²) in [7, 11) is 0. The molecule has 1 aromatic carbocycles. The van der Waals surface area contributed by atoms with Crippen LogP contribution in [0.15, 0.2) is 18.2 Å². The van der Waals surface area contributed by atoms with Crippen molar-refractivity contribution < 1.29 is 0 Å². The van der Waals surface area contributed by atoms with Gasteiger partial charge in [0.1, 0.15) is 0 Å². The fourth-order valence-electron chi connectivity index (χ4n) is 2.85. The van der Waals surface area contributed by atoms with Gasteiger partial charge in [-0.05, 0) is 62.3 Å². The maximum atomic E-state index is 5.87. The fourth-order valence-corrected chi connectivity index (χ4v) is 2.85. The van der Waals surface area contributed by atoms with Crippen molar-refractivity contribution in [3.63, 3.8) is 0 Å². The molecule has 0 atom stereocenters. The van der Waals surface area contributed by atoms with E-state index >= 15 is 0 Å². The van der Waals surface area contributed by atoms with Crippen LogP contribution in [-0.4, -0.2) is 6.04 Å². The van der Waals surface area contributed by atoms with Crippen molar-refractivity contribution in [3.05, 3.63) is 23.8 Å². The second-order valence-electron chi connectivity index (χ2n) is 5.40. The average Bonchev–Trinajstić information content (AvgIpc) is 2.28. The third-order valence-electron chi connectivity index (χ3n) is 3.89. The van der Waals surface area contributed by atoms with E-state index in [1.54, 1.807) is 0 Å². The molecule has 0 heterocycles. The molecule has 1 saturated carbocycles. The van der Waals surface area contributed by atoms with E-state index in [9.17, 15) is 0 Å². The van der Waals surface area contributed by atoms with Crippen LogP contribution in [0.3, 0.4) is 0 Å². The molecule has 94 valence electrons. The molecule has 0 radical (unpaired) electrons. The summed E-state index contributed by atoms with van der Waals surface area (Å²) in [5, 5.41) is 3.63. The number of nitrogens with two attached hydrogens (primary N) is 1. The lowest BCUT2D eigenvalue weighted by Gasteiger charge is -2.29. The van der Waals surface area contributed by atoms with Gasteiger partial charge >= 0.3 is 0 Å². The van der Waals surface area contributed by atoms with Gasteiger partial charge in [0.05, 0.1) is 0 Å². The molecule has 17 heavy (non-hydrogen) atoms. The van der Waals surface area contributed by atoms with Gasteiger partial charge in [-0.25, -0.2) is 0 Å². The van der Waals surface area contributed by atoms with Gasteiger partial charge in [-0.3, -0.25) is 0 Å². The van der Waals surface area contributed by atoms with E-state index in [4.69, 9.17) is 5.73 Å². The Morgan fingerprint density at radius 2 is 1.88 bits per heavy atom. The van der Waals surface area contributed by atoms with Crippen LogP contribution in [0, 0.1) is 12.8 Å². The van der Waals surface area contributed by atoms with Gasteiger partial charge in [-0.1, -0.05) is 13.3 Å². The minimum absolute atomic E-state index is 0.638. The van der Waals surface area contributed by atoms with Crippen molar-refractivity contribution in [1.82, 2.24) is 0 Å². The van der Waals surface area contributed by atoms with Crippen LogP contribution in [0.1, 0.15) is 44.6 Å². The van der Waals surface area contributed by atoms with Crippen LogP contribution in [0.4, 0.5) is 11.4 Å². The third-order valence-corrected chi connectivity index (χ3v) is 3.89. The molecule has 0 amide bonds. The number of hydrogen-bond donors (Lipinski definition) is 2. The first kappa shape index (κ1) is 12.3. The minimum atomic E-state index is 0.638. The zero-order valence-corrected chi connectivity index (χ0v) is 11.0. The van der Waals surface area contributed by atoms with Crippen molar-refractivity contribution in [2.24, 2.45) is 5.92 Å². The fraction of sp³-hybridized carbons (Fsp3) is 0.600. The van der Waals surface area contributed by atoms with Gasteiger partial charge in [0.25, 0.3) is 0 Å². The lowest BCUT2D eigenvalue weighted by atomic mass is 9.84. The van der Waals surface area contributed by atoms with E-state index < -0.39 is 0 Å². The zero-order chi connectivity index (χ0) is 12.3. The highest BCUT2D eigenvalue weighted by molar-refractivity contribution is 5.57. The Labute approximate surface area is 105 Å². The molecule has 2 nitrogen and oxygen atoms in total. The van der Waals surface area contributed by atoms with Crippen molar-refractivity contribution >= 4 is 11.4 Å². The van der Waals surface area contributed by atoms with Crippen molar-refractivity contribution in [3.8, 4) is 0 Å². The highest BCUT2D eigenvalue weighted by Crippen LogP contribution is 2.29. The topological polar surface area (TPSA) is 38.0 Å². The number of hydrogen-bond acceptors (Lipinski definition) is 2. The molecule has 2 rings (SSSR count). The van der Waals surface area contributed by atoms with Gasteiger partial charge in [-0.15, -0.1) is 0 Å². The predicted octanol–water partition coefficient (Wildman–Crippen LogP) is 3.96. The molecule has 0 bridgehead atoms. The van der Waals surface area contributed by atoms with Crippen LogP contribution >= 0.6 is 0 Å². The minimum Gasteiger partial charge on any atom is -0.399 e. The molecular weight excluding hydrogens is 208 g/mol. The number of anilines is 2. The van der Waals surface area contributed by atoms with Crippen LogP contribution in [0.2, 0.25) is 0 Å². The molecule has 0 aliphatic heterocycles. The first-order valence-corrected chi connectivity index (χ1v) is 6.81. The predicted molar refractivity (Wildman–Crippen MR) is 75.3 cm³/mol. The molecule has 0 saturated heterocycles. The first-order chi connectivity index (χ1) is 8.17. The molecule has 0 unspecified atom stereocenters. The van der Waals surface area contributed by atoms with E-state index in [-0.39, 0.29) is 0 Å². The third kappa shape index (κ3) is 3.39. The number of aryl methyl sites for hydroxylation is 1. The standard InChI is InChI=1S/C15H24N2/c1-3-12-4-6-14(7-5-12)17-15-9-11(2)8-13(16)10-15/h8-10,12,14,17H,3-7,16H2,1-2H3. The van der Waals surface area contributed by atoms with Crippen molar-refractivity contribution in [2.45, 2.75) is 52.0 Å². The summed E-state index contributed by atoms with van der Waals surface area (Å²) in [4.78, 5) is 0. The Morgan fingerprint density at radius 1 is 1.18 bits per heavy atom. The SMILES string of the molecule is CCC1CCC(Nc2cc(C)cc(N)c2)CC1. The Balaban J connectivity index is 1.93. The lowest BCUT2D eigenvalue weighted by molar-refractivity contribution is 0.330. The Bertz CT molecular complexity index is 345. The summed E-state index contributed by atoms with van der Waals surface area (Å²) >= 11 is 0. The molecule has 1 aromatic rings. The molecule has 1 aliphatic carbocycles. The summed E-state index contributed by atoms with van der Waals surface area (Å²) in [6.07, 6.45) is 6.67. The Kier molecular flexibility index (Phi) is 3.93. The van der Waals surface area contributed by atoms with Gasteiger partial charge in [-0.2, -0.15) is 0 Å². The van der Waals surface area contributed by atoms with E-state index in [1.165, 1.54) is 43.4 Å². The van der Waals surface area contributed by atoms with E-state index in [0.717, 1.165) is 11.6 Å². The second kappa shape index (κ2) is 5.44. The molecule has 3 N–H and O–H groups in total. The van der Waals surface area contributed by atoms with Gasteiger partial charge in [0.2, 0.25) is 0 Å². The largest absolute Gasteiger partial charge is 0.399 e. The molecule has 0 aromatic heterocycles. The van der Waals surface area contributed by atoms with Crippen LogP contribution in [0.25, 0.3) is 0 Å². The summed E-state index contributed by atoms with van der Waals surface area (Å²) < 4.78 is 0. The smallest absolute Gasteiger partial charge is 0.0365 e. The first-order valence-electron chi connectivity index (χ1n) is 6.81. The summed E-state index contributed by atoms with van der Waals surface area (Å²) in [6, 6.07) is 6.87. The lowest BCUT2D eigenvalue weighted by Crippen LogP contribution is -2.25. The average molecular weight is 232 g/mol. The van der Waals surface area contributed by atoms with Gasteiger partial charge in [0, 0.05) is 17.4 Å². The Morgan fingerprint density at radius 3 is 2.47 bits per heavy atom. The number of rotatable bonds is 3. The number of nitrogen functional groups attached to an aromatic ring is 1. The Hall–Kier alpha value is -1.18. The molecular formula is C15H24N2. The number of nitrogens with one attached hydrogen (secondary N) is 1. The van der Waals surface area contributed by atoms with Crippen LogP contribution in [0.5, 0.6) is 0 Å². The summed E-state index contributed by atoms with van der Waals surface area (Å²) in [6.45, 7) is 4.40. The normalized spacial score (nSPS) is 24.6. The summed E-state index contributed by atoms with van der Waals surface area (Å²) in [5.74, 6) is 0.954. The monoisotopic (exact) mass is 232 g/mol. The van der Waals surface area contributed by atoms with Crippen LogP contribution in [-0.2, 0) is 0 Å². The highest BCUT2D eigenvalue weighted by atomic mass is 14.9. The van der Waals surface area contributed by atoms with Gasteiger partial charge in [0.15, 0.2) is 0 Å². The molecule has 1 aliphatic rings. The maximum absolute atomic E-state index is 5.87. The van der Waals surface area contributed by atoms with Crippen molar-refractivity contribution in [2.75, 3.05) is 11.1 Å².